The zero-order chi connectivity index (χ0) is 28.0. The van der Waals surface area contributed by atoms with E-state index < -0.39 is 11.2 Å². The van der Waals surface area contributed by atoms with Gasteiger partial charge < -0.3 is 26.0 Å². The number of anilines is 1. The normalized spacial score (nSPS) is 18.9. The van der Waals surface area contributed by atoms with Gasteiger partial charge in [-0.3, -0.25) is 19.6 Å². The van der Waals surface area contributed by atoms with Crippen LogP contribution < -0.4 is 27.2 Å². The Morgan fingerprint density at radius 1 is 1.03 bits per heavy atom. The van der Waals surface area contributed by atoms with E-state index in [1.54, 1.807) is 48.0 Å². The molecule has 1 aromatic carbocycles. The molecule has 0 radical (unpaired) electrons. The first kappa shape index (κ1) is 28.5. The number of likely N-dealkylation sites (tertiary alicyclic amines) is 1. The number of nitrogens with zero attached hydrogens (tertiary/aromatic N) is 5. The van der Waals surface area contributed by atoms with Gasteiger partial charge in [0.25, 0.3) is 0 Å². The predicted molar refractivity (Wildman–Crippen MR) is 149 cm³/mol. The number of piperazine rings is 1. The second-order valence-electron chi connectivity index (χ2n) is 10.8. The smallest absolute Gasteiger partial charge is 0.354 e. The largest absolute Gasteiger partial charge is 0.492 e. The number of carbonyl (C=O) groups is 2. The molecule has 1 aromatic heterocycles. The Kier molecular flexibility index (Phi) is 9.20. The number of amides is 3. The Hall–Kier alpha value is -3.48. The number of carbonyl (C=O) groups excluding carboxylic acids is 2. The van der Waals surface area contributed by atoms with Crippen molar-refractivity contribution in [1.82, 2.24) is 24.3 Å². The number of aromatic nitrogens is 2. The zero-order valence-electron chi connectivity index (χ0n) is 22.8. The molecule has 0 bridgehead atoms. The van der Waals surface area contributed by atoms with Crippen molar-refractivity contribution in [3.63, 3.8) is 0 Å². The fourth-order valence-electron chi connectivity index (χ4n) is 4.78. The summed E-state index contributed by atoms with van der Waals surface area (Å²) in [5.74, 6) is 0.745. The molecule has 2 aromatic rings. The van der Waals surface area contributed by atoms with Crippen LogP contribution in [0.3, 0.4) is 0 Å². The lowest BCUT2D eigenvalue weighted by Gasteiger charge is -2.37. The topological polar surface area (TPSA) is 152 Å². The minimum absolute atomic E-state index is 0.147. The van der Waals surface area contributed by atoms with E-state index in [2.05, 4.69) is 15.2 Å². The lowest BCUT2D eigenvalue weighted by Crippen LogP contribution is -2.58. The standard InChI is InChI=1S/C27H40N8O4/c1-27(2,29)24(36)33-14-16-34(17-15-33)25(37)30-23-10-13-35(26(38)31-23)21-5-7-22(8-6-21)39-19-18-32-11-3-4-20(28)9-12-32/h5-8,10,13,20H,3-4,9,11-12,14-19,28-29H2,1-2H3,(H,30,31,37,38). The third kappa shape index (κ3) is 7.78. The summed E-state index contributed by atoms with van der Waals surface area (Å²) in [6.45, 7) is 8.35. The molecule has 0 spiro atoms. The Morgan fingerprint density at radius 2 is 1.72 bits per heavy atom. The Labute approximate surface area is 228 Å². The van der Waals surface area contributed by atoms with Crippen molar-refractivity contribution in [2.75, 3.05) is 57.7 Å². The van der Waals surface area contributed by atoms with Crippen LogP contribution in [0, 0.1) is 0 Å². The minimum atomic E-state index is -0.951. The summed E-state index contributed by atoms with van der Waals surface area (Å²) in [6.07, 6.45) is 4.79. The first-order valence-corrected chi connectivity index (χ1v) is 13.6. The van der Waals surface area contributed by atoms with E-state index in [-0.39, 0.29) is 17.8 Å². The fraction of sp³-hybridized carbons (Fsp3) is 0.556. The quantitative estimate of drug-likeness (QED) is 0.467. The van der Waals surface area contributed by atoms with Crippen LogP contribution in [0.15, 0.2) is 41.3 Å². The van der Waals surface area contributed by atoms with Crippen LogP contribution in [0.5, 0.6) is 5.75 Å². The average Bonchev–Trinajstić information content (AvgIpc) is 3.12. The zero-order valence-corrected chi connectivity index (χ0v) is 22.8. The second kappa shape index (κ2) is 12.6. The lowest BCUT2D eigenvalue weighted by molar-refractivity contribution is -0.137. The van der Waals surface area contributed by atoms with Crippen LogP contribution in [-0.2, 0) is 4.79 Å². The van der Waals surface area contributed by atoms with Gasteiger partial charge in [-0.15, -0.1) is 0 Å². The maximum Gasteiger partial charge on any atom is 0.354 e. The molecule has 1 atom stereocenters. The van der Waals surface area contributed by atoms with Gasteiger partial charge >= 0.3 is 11.7 Å². The summed E-state index contributed by atoms with van der Waals surface area (Å²) >= 11 is 0. The number of benzene rings is 1. The predicted octanol–water partition coefficient (Wildman–Crippen LogP) is 0.838. The van der Waals surface area contributed by atoms with Crippen LogP contribution in [0.25, 0.3) is 5.69 Å². The van der Waals surface area contributed by atoms with Crippen molar-refractivity contribution in [3.05, 3.63) is 47.0 Å². The van der Waals surface area contributed by atoms with Crippen molar-refractivity contribution in [3.8, 4) is 11.4 Å². The SMILES string of the molecule is CC(C)(N)C(=O)N1CCN(C(=O)Nc2ccn(-c3ccc(OCCN4CCCC(N)CC4)cc3)c(=O)n2)CC1. The van der Waals surface area contributed by atoms with Gasteiger partial charge in [0.2, 0.25) is 5.91 Å². The number of hydrogen-bond acceptors (Lipinski definition) is 8. The number of rotatable bonds is 7. The molecule has 39 heavy (non-hydrogen) atoms. The molecule has 2 aliphatic heterocycles. The molecular formula is C27H40N8O4. The van der Waals surface area contributed by atoms with E-state index in [1.807, 2.05) is 12.1 Å². The lowest BCUT2D eigenvalue weighted by atomic mass is 10.1. The van der Waals surface area contributed by atoms with Crippen LogP contribution in [0.1, 0.15) is 33.1 Å². The number of nitrogens with one attached hydrogen (secondary N) is 1. The fourth-order valence-corrected chi connectivity index (χ4v) is 4.78. The van der Waals surface area contributed by atoms with Crippen LogP contribution >= 0.6 is 0 Å². The Bertz CT molecular complexity index is 1190. The van der Waals surface area contributed by atoms with Crippen LogP contribution in [0.2, 0.25) is 0 Å². The van der Waals surface area contributed by atoms with Gasteiger partial charge in [0.1, 0.15) is 18.2 Å². The highest BCUT2D eigenvalue weighted by Crippen LogP contribution is 2.16. The molecule has 3 amide bonds. The molecule has 2 fully saturated rings. The summed E-state index contributed by atoms with van der Waals surface area (Å²) in [7, 11) is 0. The highest BCUT2D eigenvalue weighted by molar-refractivity contribution is 5.89. The van der Waals surface area contributed by atoms with Crippen molar-refractivity contribution in [2.45, 2.75) is 44.7 Å². The van der Waals surface area contributed by atoms with Crippen molar-refractivity contribution in [1.29, 1.82) is 0 Å². The summed E-state index contributed by atoms with van der Waals surface area (Å²) in [4.78, 5) is 47.3. The first-order valence-electron chi connectivity index (χ1n) is 13.6. The highest BCUT2D eigenvalue weighted by atomic mass is 16.5. The summed E-state index contributed by atoms with van der Waals surface area (Å²) in [5, 5.41) is 2.67. The van der Waals surface area contributed by atoms with E-state index in [9.17, 15) is 14.4 Å². The molecular weight excluding hydrogens is 500 g/mol. The number of nitrogens with two attached hydrogens (primary N) is 2. The summed E-state index contributed by atoms with van der Waals surface area (Å²) < 4.78 is 7.30. The Morgan fingerprint density at radius 3 is 2.38 bits per heavy atom. The monoisotopic (exact) mass is 540 g/mol. The summed E-state index contributed by atoms with van der Waals surface area (Å²) in [6, 6.07) is 8.75. The van der Waals surface area contributed by atoms with E-state index >= 15 is 0 Å². The van der Waals surface area contributed by atoms with Crippen molar-refractivity contribution >= 4 is 17.8 Å². The van der Waals surface area contributed by atoms with Gasteiger partial charge in [-0.1, -0.05) is 0 Å². The van der Waals surface area contributed by atoms with E-state index in [4.69, 9.17) is 16.2 Å². The third-order valence-corrected chi connectivity index (χ3v) is 7.10. The van der Waals surface area contributed by atoms with Gasteiger partial charge in [0.05, 0.1) is 11.2 Å². The molecule has 212 valence electrons. The van der Waals surface area contributed by atoms with Crippen LogP contribution in [0.4, 0.5) is 10.6 Å². The molecule has 5 N–H and O–H groups in total. The molecule has 12 heteroatoms. The van der Waals surface area contributed by atoms with E-state index in [1.165, 1.54) is 4.57 Å². The molecule has 2 saturated heterocycles. The molecule has 3 heterocycles. The highest BCUT2D eigenvalue weighted by Gasteiger charge is 2.31. The maximum atomic E-state index is 12.7. The first-order chi connectivity index (χ1) is 18.6. The third-order valence-electron chi connectivity index (χ3n) is 7.10. The maximum absolute atomic E-state index is 12.7. The van der Waals surface area contributed by atoms with Crippen molar-refractivity contribution in [2.24, 2.45) is 11.5 Å². The number of urea groups is 1. The molecule has 1 unspecified atom stereocenters. The van der Waals surface area contributed by atoms with E-state index in [0.717, 1.165) is 44.6 Å². The number of ether oxygens (including phenoxy) is 1. The molecule has 0 aliphatic carbocycles. The average molecular weight is 541 g/mol. The summed E-state index contributed by atoms with van der Waals surface area (Å²) in [5.41, 5.74) is 11.1. The van der Waals surface area contributed by atoms with Crippen LogP contribution in [-0.4, -0.2) is 100 Å². The van der Waals surface area contributed by atoms with Gasteiger partial charge in [-0.2, -0.15) is 4.98 Å². The van der Waals surface area contributed by atoms with Gasteiger partial charge in [0, 0.05) is 45.0 Å². The van der Waals surface area contributed by atoms with Gasteiger partial charge in [0.15, 0.2) is 0 Å². The second-order valence-corrected chi connectivity index (χ2v) is 10.8. The Balaban J connectivity index is 1.26. The van der Waals surface area contributed by atoms with E-state index in [0.29, 0.717) is 44.5 Å². The molecule has 4 rings (SSSR count). The molecule has 0 saturated carbocycles. The van der Waals surface area contributed by atoms with Gasteiger partial charge in [-0.05, 0) is 76.5 Å². The molecule has 2 aliphatic rings. The van der Waals surface area contributed by atoms with Crippen molar-refractivity contribution < 1.29 is 14.3 Å². The number of hydrogen-bond donors (Lipinski definition) is 3. The molecule has 12 nitrogen and oxygen atoms in total. The van der Waals surface area contributed by atoms with Gasteiger partial charge in [-0.25, -0.2) is 9.59 Å². The minimum Gasteiger partial charge on any atom is -0.492 e.